The van der Waals surface area contributed by atoms with Crippen molar-refractivity contribution < 1.29 is 0 Å². The van der Waals surface area contributed by atoms with Crippen LogP contribution < -0.4 is 0 Å². The Morgan fingerprint density at radius 2 is 2.41 bits per heavy atom. The summed E-state index contributed by atoms with van der Waals surface area (Å²) in [7, 11) is 1.90. The van der Waals surface area contributed by atoms with E-state index < -0.39 is 0 Å². The van der Waals surface area contributed by atoms with Gasteiger partial charge in [0.05, 0.1) is 11.1 Å². The number of aryl methyl sites for hydroxylation is 1. The molecule has 0 N–H and O–H groups in total. The maximum Gasteiger partial charge on any atom is 0.111 e. The van der Waals surface area contributed by atoms with Gasteiger partial charge < -0.3 is 0 Å². The van der Waals surface area contributed by atoms with Crippen LogP contribution in [0.4, 0.5) is 0 Å². The molecule has 2 unspecified atom stereocenters. The average Bonchev–Trinajstić information content (AvgIpc) is 2.92. The number of nitrogens with zero attached hydrogens (tertiary/aromatic N) is 3. The van der Waals surface area contributed by atoms with Gasteiger partial charge in [-0.05, 0) is 29.9 Å². The molecule has 3 rings (SSSR count). The van der Waals surface area contributed by atoms with Gasteiger partial charge in [0.1, 0.15) is 5.52 Å². The Hall–Kier alpha value is -1.53. The third kappa shape index (κ3) is 1.69. The van der Waals surface area contributed by atoms with Crippen molar-refractivity contribution in [2.45, 2.75) is 18.8 Å². The lowest BCUT2D eigenvalue weighted by Gasteiger charge is -2.01. The van der Waals surface area contributed by atoms with Crippen LogP contribution in [0.5, 0.6) is 0 Å². The molecule has 0 amide bonds. The maximum atomic E-state index is 8.72. The van der Waals surface area contributed by atoms with E-state index in [2.05, 4.69) is 17.2 Å². The molecule has 1 fully saturated rings. The largest absolute Gasteiger partial charge is 0.275 e. The predicted molar refractivity (Wildman–Crippen MR) is 66.8 cm³/mol. The molecule has 1 aliphatic rings. The summed E-state index contributed by atoms with van der Waals surface area (Å²) < 4.78 is 1.79. The van der Waals surface area contributed by atoms with E-state index in [9.17, 15) is 0 Å². The number of benzene rings is 1. The number of hydrogen-bond acceptors (Lipinski definition) is 2. The van der Waals surface area contributed by atoms with Crippen LogP contribution in [0.1, 0.15) is 24.3 Å². The van der Waals surface area contributed by atoms with Gasteiger partial charge in [0.2, 0.25) is 0 Å². The molecule has 2 aromatic rings. The summed E-state index contributed by atoms with van der Waals surface area (Å²) >= 11 is 6.14. The van der Waals surface area contributed by atoms with Crippen molar-refractivity contribution in [1.29, 1.82) is 5.26 Å². The van der Waals surface area contributed by atoms with Gasteiger partial charge in [-0.1, -0.05) is 17.7 Å². The molecule has 4 heteroatoms. The lowest BCUT2D eigenvalue weighted by atomic mass is 10.0. The molecule has 1 aromatic heterocycles. The van der Waals surface area contributed by atoms with Gasteiger partial charge in [0, 0.05) is 25.1 Å². The first-order valence-electron chi connectivity index (χ1n) is 5.69. The Labute approximate surface area is 105 Å². The zero-order valence-corrected chi connectivity index (χ0v) is 10.3. The van der Waals surface area contributed by atoms with Gasteiger partial charge in [-0.3, -0.25) is 4.68 Å². The minimum Gasteiger partial charge on any atom is -0.275 e. The van der Waals surface area contributed by atoms with Crippen molar-refractivity contribution >= 4 is 22.5 Å². The van der Waals surface area contributed by atoms with Crippen molar-refractivity contribution in [3.05, 3.63) is 28.9 Å². The first-order chi connectivity index (χ1) is 8.20. The molecule has 1 saturated carbocycles. The predicted octanol–water partition coefficient (Wildman–Crippen LogP) is 3.24. The van der Waals surface area contributed by atoms with Crippen molar-refractivity contribution in [3.63, 3.8) is 0 Å². The second-order valence-electron chi connectivity index (χ2n) is 4.67. The molecule has 1 aromatic carbocycles. The Morgan fingerprint density at radius 3 is 3.18 bits per heavy atom. The topological polar surface area (TPSA) is 41.6 Å². The van der Waals surface area contributed by atoms with Gasteiger partial charge in [-0.15, -0.1) is 0 Å². The number of halogens is 1. The fraction of sp³-hybridized carbons (Fsp3) is 0.385. The third-order valence-electron chi connectivity index (χ3n) is 3.45. The van der Waals surface area contributed by atoms with E-state index in [1.165, 1.54) is 5.56 Å². The summed E-state index contributed by atoms with van der Waals surface area (Å²) in [6.45, 7) is 0. The number of nitriles is 1. The monoisotopic (exact) mass is 245 g/mol. The fourth-order valence-electron chi connectivity index (χ4n) is 2.50. The second-order valence-corrected chi connectivity index (χ2v) is 5.07. The Bertz CT molecular complexity index is 623. The number of hydrogen-bond donors (Lipinski definition) is 0. The molecule has 0 spiro atoms. The third-order valence-corrected chi connectivity index (χ3v) is 3.76. The molecule has 0 aliphatic heterocycles. The van der Waals surface area contributed by atoms with Crippen molar-refractivity contribution in [3.8, 4) is 6.07 Å². The van der Waals surface area contributed by atoms with Gasteiger partial charge >= 0.3 is 0 Å². The van der Waals surface area contributed by atoms with Crippen LogP contribution in [0.2, 0.25) is 5.02 Å². The fourth-order valence-corrected chi connectivity index (χ4v) is 2.71. The minimum atomic E-state index is 0.513. The van der Waals surface area contributed by atoms with Crippen LogP contribution in [0.3, 0.4) is 0 Å². The van der Waals surface area contributed by atoms with Crippen molar-refractivity contribution in [2.24, 2.45) is 13.0 Å². The van der Waals surface area contributed by atoms with E-state index in [-0.39, 0.29) is 0 Å². The molecular formula is C13H12ClN3. The van der Waals surface area contributed by atoms with E-state index in [0.29, 0.717) is 23.3 Å². The van der Waals surface area contributed by atoms with E-state index in [1.54, 1.807) is 4.68 Å². The molecule has 2 atom stereocenters. The van der Waals surface area contributed by atoms with E-state index in [4.69, 9.17) is 16.9 Å². The van der Waals surface area contributed by atoms with Crippen LogP contribution in [-0.2, 0) is 7.05 Å². The highest BCUT2D eigenvalue weighted by Gasteiger charge is 2.39. The van der Waals surface area contributed by atoms with Crippen molar-refractivity contribution in [1.82, 2.24) is 9.78 Å². The summed E-state index contributed by atoms with van der Waals surface area (Å²) in [4.78, 5) is 0. The molecule has 3 nitrogen and oxygen atoms in total. The molecule has 0 bridgehead atoms. The molecule has 0 radical (unpaired) electrons. The highest BCUT2D eigenvalue weighted by atomic mass is 35.5. The first kappa shape index (κ1) is 10.6. The van der Waals surface area contributed by atoms with Gasteiger partial charge in [0.25, 0.3) is 0 Å². The highest BCUT2D eigenvalue weighted by Crippen LogP contribution is 2.51. The molecule has 1 aliphatic carbocycles. The molecule has 0 saturated heterocycles. The van der Waals surface area contributed by atoms with Crippen LogP contribution in [-0.4, -0.2) is 9.78 Å². The zero-order chi connectivity index (χ0) is 12.0. The van der Waals surface area contributed by atoms with Crippen molar-refractivity contribution in [2.75, 3.05) is 0 Å². The van der Waals surface area contributed by atoms with Crippen LogP contribution >= 0.6 is 11.6 Å². The smallest absolute Gasteiger partial charge is 0.111 e. The zero-order valence-electron chi connectivity index (χ0n) is 9.52. The Morgan fingerprint density at radius 1 is 1.59 bits per heavy atom. The summed E-state index contributed by atoms with van der Waals surface area (Å²) in [6, 6.07) is 6.24. The number of aromatic nitrogens is 2. The van der Waals surface area contributed by atoms with Gasteiger partial charge in [0.15, 0.2) is 0 Å². The molecule has 17 heavy (non-hydrogen) atoms. The standard InChI is InChI=1S/C13H12ClN3/c1-17-7-11-9(10-6-8(10)4-5-15)2-3-12(14)13(11)16-17/h2-3,7-8,10H,4,6H2,1H3. The van der Waals surface area contributed by atoms with E-state index >= 15 is 0 Å². The highest BCUT2D eigenvalue weighted by molar-refractivity contribution is 6.35. The van der Waals surface area contributed by atoms with E-state index in [0.717, 1.165) is 17.3 Å². The maximum absolute atomic E-state index is 8.72. The quantitative estimate of drug-likeness (QED) is 0.815. The normalized spacial score (nSPS) is 22.6. The molecular weight excluding hydrogens is 234 g/mol. The lowest BCUT2D eigenvalue weighted by Crippen LogP contribution is -1.85. The van der Waals surface area contributed by atoms with Crippen LogP contribution in [0.15, 0.2) is 18.3 Å². The van der Waals surface area contributed by atoms with E-state index in [1.807, 2.05) is 19.3 Å². The van der Waals surface area contributed by atoms with Crippen LogP contribution in [0.25, 0.3) is 10.9 Å². The summed E-state index contributed by atoms with van der Waals surface area (Å²) in [6.07, 6.45) is 3.77. The Kier molecular flexibility index (Phi) is 2.34. The SMILES string of the molecule is Cn1cc2c(C3CC3CC#N)ccc(Cl)c2n1. The van der Waals surface area contributed by atoms with Gasteiger partial charge in [-0.2, -0.15) is 10.4 Å². The summed E-state index contributed by atoms with van der Waals surface area (Å²) in [5, 5.41) is 14.9. The molecule has 1 heterocycles. The van der Waals surface area contributed by atoms with Crippen LogP contribution in [0, 0.1) is 17.2 Å². The first-order valence-corrected chi connectivity index (χ1v) is 6.07. The summed E-state index contributed by atoms with van der Waals surface area (Å²) in [5.41, 5.74) is 2.16. The second kappa shape index (κ2) is 3.75. The average molecular weight is 246 g/mol. The number of fused-ring (bicyclic) bond motifs is 1. The minimum absolute atomic E-state index is 0.513. The van der Waals surface area contributed by atoms with Gasteiger partial charge in [-0.25, -0.2) is 0 Å². The lowest BCUT2D eigenvalue weighted by molar-refractivity contribution is 0.779. The summed E-state index contributed by atoms with van der Waals surface area (Å²) in [5.74, 6) is 1.03. The number of rotatable bonds is 2. The molecule has 86 valence electrons. The Balaban J connectivity index is 2.07.